The maximum absolute atomic E-state index is 12.7. The minimum Gasteiger partial charge on any atom is -0.350 e. The number of carbonyl (C=O) groups is 1. The lowest BCUT2D eigenvalue weighted by atomic mass is 10.1. The van der Waals surface area contributed by atoms with E-state index in [1.807, 2.05) is 42.5 Å². The molecule has 3 heterocycles. The number of carbonyl (C=O) groups excluding carboxylic acids is 1. The molecular formula is C19H19N5O. The van der Waals surface area contributed by atoms with Crippen LogP contribution in [-0.2, 0) is 17.9 Å². The van der Waals surface area contributed by atoms with Crippen LogP contribution in [0.5, 0.6) is 0 Å². The standard InChI is InChI=1S/C19H19N5O/c25-19(24-14-16-6-11-21-12-7-16)18(17-3-1-2-8-22-17)23-13-15-4-9-20-10-5-15/h1-12,18,23H,13-14H2,(H,24,25). The van der Waals surface area contributed by atoms with Crippen LogP contribution in [0, 0.1) is 0 Å². The first-order chi connectivity index (χ1) is 12.3. The van der Waals surface area contributed by atoms with Crippen LogP contribution in [-0.4, -0.2) is 20.9 Å². The van der Waals surface area contributed by atoms with Gasteiger partial charge in [-0.25, -0.2) is 0 Å². The summed E-state index contributed by atoms with van der Waals surface area (Å²) in [6.07, 6.45) is 8.57. The molecule has 0 aliphatic rings. The van der Waals surface area contributed by atoms with Crippen molar-refractivity contribution in [1.29, 1.82) is 0 Å². The van der Waals surface area contributed by atoms with Gasteiger partial charge in [-0.1, -0.05) is 6.07 Å². The second-order valence-electron chi connectivity index (χ2n) is 5.50. The highest BCUT2D eigenvalue weighted by molar-refractivity contribution is 5.82. The van der Waals surface area contributed by atoms with Crippen molar-refractivity contribution in [3.63, 3.8) is 0 Å². The normalized spacial score (nSPS) is 11.7. The number of pyridine rings is 3. The summed E-state index contributed by atoms with van der Waals surface area (Å²) in [5, 5.41) is 6.23. The smallest absolute Gasteiger partial charge is 0.243 e. The average Bonchev–Trinajstić information content (AvgIpc) is 2.69. The Morgan fingerprint density at radius 3 is 2.08 bits per heavy atom. The lowest BCUT2D eigenvalue weighted by molar-refractivity contribution is -0.123. The monoisotopic (exact) mass is 333 g/mol. The summed E-state index contributed by atoms with van der Waals surface area (Å²) in [5.41, 5.74) is 2.74. The molecular weight excluding hydrogens is 314 g/mol. The third-order valence-corrected chi connectivity index (χ3v) is 3.72. The van der Waals surface area contributed by atoms with Gasteiger partial charge < -0.3 is 5.32 Å². The van der Waals surface area contributed by atoms with Crippen molar-refractivity contribution >= 4 is 5.91 Å². The fourth-order valence-corrected chi connectivity index (χ4v) is 2.39. The molecule has 0 saturated carbocycles. The quantitative estimate of drug-likeness (QED) is 0.691. The van der Waals surface area contributed by atoms with Crippen molar-refractivity contribution in [2.45, 2.75) is 19.1 Å². The van der Waals surface area contributed by atoms with Crippen molar-refractivity contribution in [2.75, 3.05) is 0 Å². The first kappa shape index (κ1) is 16.7. The van der Waals surface area contributed by atoms with Crippen LogP contribution in [0.1, 0.15) is 22.9 Å². The molecule has 25 heavy (non-hydrogen) atoms. The third-order valence-electron chi connectivity index (χ3n) is 3.72. The Labute approximate surface area is 146 Å². The number of hydrogen-bond acceptors (Lipinski definition) is 5. The first-order valence-electron chi connectivity index (χ1n) is 8.03. The lowest BCUT2D eigenvalue weighted by Gasteiger charge is -2.18. The summed E-state index contributed by atoms with van der Waals surface area (Å²) in [5.74, 6) is -0.121. The van der Waals surface area contributed by atoms with Crippen molar-refractivity contribution in [2.24, 2.45) is 0 Å². The number of nitrogens with zero attached hydrogens (tertiary/aromatic N) is 3. The van der Waals surface area contributed by atoms with Crippen LogP contribution in [0.3, 0.4) is 0 Å². The molecule has 0 radical (unpaired) electrons. The molecule has 0 saturated heterocycles. The van der Waals surface area contributed by atoms with Gasteiger partial charge in [-0.2, -0.15) is 0 Å². The Kier molecular flexibility index (Phi) is 5.79. The maximum Gasteiger partial charge on any atom is 0.243 e. The molecule has 0 bridgehead atoms. The fourth-order valence-electron chi connectivity index (χ4n) is 2.39. The number of rotatable bonds is 7. The van der Waals surface area contributed by atoms with E-state index >= 15 is 0 Å². The van der Waals surface area contributed by atoms with Gasteiger partial charge >= 0.3 is 0 Å². The second kappa shape index (κ2) is 8.65. The summed E-state index contributed by atoms with van der Waals surface area (Å²) < 4.78 is 0. The largest absolute Gasteiger partial charge is 0.350 e. The van der Waals surface area contributed by atoms with E-state index < -0.39 is 6.04 Å². The third kappa shape index (κ3) is 4.92. The van der Waals surface area contributed by atoms with Crippen LogP contribution >= 0.6 is 0 Å². The Hall–Kier alpha value is -3.12. The van der Waals surface area contributed by atoms with E-state index in [1.54, 1.807) is 31.0 Å². The summed E-state index contributed by atoms with van der Waals surface area (Å²) in [7, 11) is 0. The zero-order valence-electron chi connectivity index (χ0n) is 13.7. The molecule has 1 atom stereocenters. The van der Waals surface area contributed by atoms with Crippen LogP contribution in [0.25, 0.3) is 0 Å². The van der Waals surface area contributed by atoms with Gasteiger partial charge in [0, 0.05) is 44.1 Å². The van der Waals surface area contributed by atoms with Crippen molar-refractivity contribution in [3.05, 3.63) is 90.3 Å². The maximum atomic E-state index is 12.7. The molecule has 6 nitrogen and oxygen atoms in total. The predicted molar refractivity (Wildman–Crippen MR) is 94.1 cm³/mol. The molecule has 0 aliphatic carbocycles. The minimum atomic E-state index is -0.531. The Bertz CT molecular complexity index is 781. The molecule has 3 rings (SSSR count). The van der Waals surface area contributed by atoms with Gasteiger partial charge in [0.25, 0.3) is 0 Å². The van der Waals surface area contributed by atoms with Crippen LogP contribution in [0.2, 0.25) is 0 Å². The Morgan fingerprint density at radius 1 is 0.840 bits per heavy atom. The highest BCUT2D eigenvalue weighted by Crippen LogP contribution is 2.11. The van der Waals surface area contributed by atoms with E-state index in [2.05, 4.69) is 25.6 Å². The Morgan fingerprint density at radius 2 is 1.48 bits per heavy atom. The van der Waals surface area contributed by atoms with Crippen LogP contribution in [0.15, 0.2) is 73.4 Å². The molecule has 0 spiro atoms. The van der Waals surface area contributed by atoms with Gasteiger partial charge in [0.2, 0.25) is 5.91 Å². The highest BCUT2D eigenvalue weighted by atomic mass is 16.2. The molecule has 2 N–H and O–H groups in total. The number of nitrogens with one attached hydrogen (secondary N) is 2. The van der Waals surface area contributed by atoms with E-state index in [1.165, 1.54) is 0 Å². The highest BCUT2D eigenvalue weighted by Gasteiger charge is 2.21. The van der Waals surface area contributed by atoms with Gasteiger partial charge in [-0.3, -0.25) is 25.1 Å². The van der Waals surface area contributed by atoms with E-state index in [9.17, 15) is 4.79 Å². The van der Waals surface area contributed by atoms with Crippen LogP contribution in [0.4, 0.5) is 0 Å². The number of hydrogen-bond donors (Lipinski definition) is 2. The minimum absolute atomic E-state index is 0.121. The predicted octanol–water partition coefficient (Wildman–Crippen LogP) is 2.02. The van der Waals surface area contributed by atoms with Gasteiger partial charge in [0.05, 0.1) is 5.69 Å². The zero-order valence-corrected chi connectivity index (χ0v) is 13.7. The van der Waals surface area contributed by atoms with Crippen molar-refractivity contribution < 1.29 is 4.79 Å². The van der Waals surface area contributed by atoms with E-state index in [4.69, 9.17) is 0 Å². The van der Waals surface area contributed by atoms with Gasteiger partial charge in [0.1, 0.15) is 6.04 Å². The lowest BCUT2D eigenvalue weighted by Crippen LogP contribution is -2.37. The van der Waals surface area contributed by atoms with Crippen molar-refractivity contribution in [1.82, 2.24) is 25.6 Å². The molecule has 0 fully saturated rings. The number of aromatic nitrogens is 3. The second-order valence-corrected chi connectivity index (χ2v) is 5.50. The average molecular weight is 333 g/mol. The fraction of sp³-hybridized carbons (Fsp3) is 0.158. The molecule has 0 aliphatic heterocycles. The summed E-state index contributed by atoms with van der Waals surface area (Å²) in [4.78, 5) is 25.0. The van der Waals surface area contributed by atoms with Crippen molar-refractivity contribution in [3.8, 4) is 0 Å². The van der Waals surface area contributed by atoms with Gasteiger partial charge in [-0.05, 0) is 47.5 Å². The molecule has 1 amide bonds. The van der Waals surface area contributed by atoms with Gasteiger partial charge in [-0.15, -0.1) is 0 Å². The summed E-state index contributed by atoms with van der Waals surface area (Å²) in [6.45, 7) is 0.994. The van der Waals surface area contributed by atoms with E-state index in [0.717, 1.165) is 11.1 Å². The topological polar surface area (TPSA) is 79.8 Å². The molecule has 1 unspecified atom stereocenters. The first-order valence-corrected chi connectivity index (χ1v) is 8.03. The zero-order chi connectivity index (χ0) is 17.3. The molecule has 3 aromatic rings. The SMILES string of the molecule is O=C(NCc1ccncc1)C(NCc1ccncc1)c1ccccn1. The molecule has 126 valence electrons. The molecule has 0 aromatic carbocycles. The molecule has 3 aromatic heterocycles. The Balaban J connectivity index is 1.68. The summed E-state index contributed by atoms with van der Waals surface area (Å²) in [6, 6.07) is 12.6. The summed E-state index contributed by atoms with van der Waals surface area (Å²) >= 11 is 0. The van der Waals surface area contributed by atoms with Crippen LogP contribution < -0.4 is 10.6 Å². The van der Waals surface area contributed by atoms with E-state index in [0.29, 0.717) is 18.8 Å². The molecule has 6 heteroatoms. The van der Waals surface area contributed by atoms with E-state index in [-0.39, 0.29) is 5.91 Å². The number of amides is 1. The van der Waals surface area contributed by atoms with Gasteiger partial charge in [0.15, 0.2) is 0 Å².